The van der Waals surface area contributed by atoms with Gasteiger partial charge in [0.15, 0.2) is 0 Å². The maximum absolute atomic E-state index is 6.14. The van der Waals surface area contributed by atoms with Crippen LogP contribution in [0.1, 0.15) is 39.5 Å². The predicted molar refractivity (Wildman–Crippen MR) is 325 cm³/mol. The standard InChI is InChI=1S/2C35H33P2.Fe/c2*1-3-16-28(2)25-29-26-34(36(30-17-8-4-9-18-30)31-19-10-5-11-20-31)35(27-29)37(32-21-12-6-13-22-32)33-23-14-7-15-24-33;/h2*3-15,17-24,26-28H,1,16,25H2,2H3;. The molecular formula is C70H66FeP4. The maximum atomic E-state index is 4.54. The van der Waals surface area contributed by atoms with E-state index >= 15 is 0 Å². The Morgan fingerprint density at radius 2 is 0.507 bits per heavy atom. The van der Waals surface area contributed by atoms with Crippen LogP contribution in [0, 0.1) is 11.8 Å². The van der Waals surface area contributed by atoms with Gasteiger partial charge in [0.2, 0.25) is 0 Å². The van der Waals surface area contributed by atoms with Crippen molar-refractivity contribution in [3.8, 4) is 0 Å². The van der Waals surface area contributed by atoms with Crippen molar-refractivity contribution in [2.24, 2.45) is 11.8 Å². The van der Waals surface area contributed by atoms with Gasteiger partial charge in [-0.15, -0.1) is 0 Å². The Balaban J connectivity index is 1.13. The number of hydrogen-bond acceptors (Lipinski definition) is 0. The molecule has 8 aromatic carbocycles. The summed E-state index contributed by atoms with van der Waals surface area (Å²) >= 11 is 0. The molecule has 0 saturated carbocycles. The average molecular weight is 1090 g/mol. The van der Waals surface area contributed by atoms with Crippen molar-refractivity contribution in [2.45, 2.75) is 83.6 Å². The SMILES string of the molecule is C=CCC(C)C[C]12[CH]3[C]4(P(c5ccccc5)c5ccccc5)[C]5(P(c6ccccc6)c6ccccc6)[CH]1[Fe]32451678[CH]2[C]1(CC(C)CC=C)[CH]6[C]7(P(c1ccccc1)c1ccccc1)[C]28P(c1ccccc1)c1ccccc1. The molecule has 10 heterocycles. The second kappa shape index (κ2) is 10.5. The van der Waals surface area contributed by atoms with Crippen LogP contribution in [0.25, 0.3) is 0 Å². The topological polar surface area (TPSA) is 0 Å². The number of rotatable bonds is 20. The van der Waals surface area contributed by atoms with Crippen molar-refractivity contribution in [1.29, 1.82) is 0 Å². The van der Waals surface area contributed by atoms with E-state index in [2.05, 4.69) is 282 Å². The second-order valence-corrected chi connectivity index (χ2v) is 59.3. The van der Waals surface area contributed by atoms with Crippen molar-refractivity contribution >= 4 is 74.1 Å². The molecule has 0 aromatic heterocycles. The fraction of sp³-hybridized carbons (Fsp3) is 0.257. The van der Waals surface area contributed by atoms with Crippen molar-refractivity contribution < 1.29 is 6.51 Å². The van der Waals surface area contributed by atoms with E-state index in [1.54, 1.807) is 42.4 Å². The molecule has 0 N–H and O–H groups in total. The van der Waals surface area contributed by atoms with Crippen molar-refractivity contribution in [3.63, 3.8) is 0 Å². The summed E-state index contributed by atoms with van der Waals surface area (Å²) < 4.78 is 1.59. The van der Waals surface area contributed by atoms with E-state index in [0.717, 1.165) is 32.1 Å². The predicted octanol–water partition coefficient (Wildman–Crippen LogP) is 15.5. The van der Waals surface area contributed by atoms with Crippen LogP contribution in [0.15, 0.2) is 268 Å². The summed E-state index contributed by atoms with van der Waals surface area (Å²) in [6, 6.07) is 99.8. The molecule has 1 spiro atoms. The molecule has 0 radical (unpaired) electrons. The molecule has 18 rings (SSSR count). The second-order valence-electron chi connectivity index (χ2n) is 26.0. The summed E-state index contributed by atoms with van der Waals surface area (Å²) in [4.78, 5) is 3.17. The third-order valence-corrected chi connectivity index (χ3v) is 100. The summed E-state index contributed by atoms with van der Waals surface area (Å²) in [5.74, 6) is 1.15. The Morgan fingerprint density at radius 3 is 0.667 bits per heavy atom. The first-order valence-electron chi connectivity index (χ1n) is 27.8. The van der Waals surface area contributed by atoms with E-state index in [9.17, 15) is 0 Å². The third-order valence-electron chi connectivity index (χ3n) is 27.5. The third kappa shape index (κ3) is 1.87. The molecule has 0 bridgehead atoms. The zero-order valence-electron chi connectivity index (χ0n) is 43.1. The van der Waals surface area contributed by atoms with Crippen LogP contribution >= 0.6 is 31.7 Å². The molecule has 10 saturated heterocycles. The van der Waals surface area contributed by atoms with Gasteiger partial charge in [0.1, 0.15) is 0 Å². The molecule has 5 heteroatoms. The van der Waals surface area contributed by atoms with E-state index in [1.165, 1.54) is 12.8 Å². The molecule has 10 aliphatic rings. The molecule has 10 atom stereocenters. The number of fused-ring (bicyclic) bond motifs is 10. The molecule has 0 aliphatic carbocycles. The molecule has 8 aromatic rings. The van der Waals surface area contributed by atoms with E-state index in [-0.39, 0.29) is 16.2 Å². The summed E-state index contributed by atoms with van der Waals surface area (Å²) in [6.07, 6.45) is 9.58. The first kappa shape index (κ1) is 44.5. The van der Waals surface area contributed by atoms with Crippen LogP contribution in [-0.2, 0) is 6.51 Å². The first-order chi connectivity index (χ1) is 36.8. The van der Waals surface area contributed by atoms with Gasteiger partial charge >= 0.3 is 444 Å². The molecule has 374 valence electrons. The number of allylic oxidation sites excluding steroid dienone is 2. The molecule has 0 nitrogen and oxygen atoms in total. The van der Waals surface area contributed by atoms with Crippen LogP contribution in [-0.4, -0.2) is 16.2 Å². The van der Waals surface area contributed by atoms with Gasteiger partial charge in [-0.05, 0) is 0 Å². The number of benzene rings is 8. The van der Waals surface area contributed by atoms with E-state index in [4.69, 9.17) is 0 Å². The minimum atomic E-state index is -6.14. The Labute approximate surface area is 440 Å². The average Bonchev–Trinajstić information content (AvgIpc) is 1.02. The van der Waals surface area contributed by atoms with Gasteiger partial charge in [-0.1, -0.05) is 0 Å². The molecule has 10 aliphatic heterocycles. The summed E-state index contributed by atoms with van der Waals surface area (Å²) in [5.41, 5.74) is 0. The van der Waals surface area contributed by atoms with Gasteiger partial charge in [0.05, 0.1) is 0 Å². The van der Waals surface area contributed by atoms with Crippen LogP contribution in [0.5, 0.6) is 0 Å². The molecule has 75 heavy (non-hydrogen) atoms. The van der Waals surface area contributed by atoms with Gasteiger partial charge in [0.25, 0.3) is 0 Å². The van der Waals surface area contributed by atoms with Crippen LogP contribution in [0.3, 0.4) is 0 Å². The van der Waals surface area contributed by atoms with E-state index < -0.39 is 38.2 Å². The molecule has 0 amide bonds. The summed E-state index contributed by atoms with van der Waals surface area (Å²) in [5, 5.41) is 13.2. The van der Waals surface area contributed by atoms with Crippen LogP contribution in [0.2, 0.25) is 27.9 Å². The Bertz CT molecular complexity index is 3440. The molecular weight excluding hydrogens is 1020 g/mol. The monoisotopic (exact) mass is 1090 g/mol. The minimum absolute atomic E-state index is 0.215. The zero-order chi connectivity index (χ0) is 50.2. The molecule has 10 unspecified atom stereocenters. The molecule has 10 fully saturated rings. The van der Waals surface area contributed by atoms with Crippen molar-refractivity contribution in [1.82, 2.24) is 0 Å². The Kier molecular flexibility index (Phi) is 6.20. The fourth-order valence-electron chi connectivity index (χ4n) is 30.4. The normalized spacial score (nSPS) is 41.8. The summed E-state index contributed by atoms with van der Waals surface area (Å²) in [6.45, 7) is 8.30. The van der Waals surface area contributed by atoms with Gasteiger partial charge < -0.3 is 0 Å². The van der Waals surface area contributed by atoms with Crippen molar-refractivity contribution in [3.05, 3.63) is 268 Å². The van der Waals surface area contributed by atoms with Gasteiger partial charge in [-0.3, -0.25) is 0 Å². The Hall–Kier alpha value is -4.52. The zero-order valence-corrected chi connectivity index (χ0v) is 47.8. The van der Waals surface area contributed by atoms with Crippen LogP contribution < -0.4 is 42.4 Å². The fourth-order valence-corrected chi connectivity index (χ4v) is 175. The van der Waals surface area contributed by atoms with Gasteiger partial charge in [-0.2, -0.15) is 0 Å². The van der Waals surface area contributed by atoms with Gasteiger partial charge in [0, 0.05) is 0 Å². The summed E-state index contributed by atoms with van der Waals surface area (Å²) in [7, 11) is -3.41. The quantitative estimate of drug-likeness (QED) is 0.0405. The Morgan fingerprint density at radius 1 is 0.333 bits per heavy atom. The van der Waals surface area contributed by atoms with E-state index in [0.29, 0.717) is 20.5 Å². The van der Waals surface area contributed by atoms with E-state index in [1.807, 2.05) is 0 Å². The van der Waals surface area contributed by atoms with Crippen molar-refractivity contribution in [2.75, 3.05) is 0 Å². The number of hydrogen-bond donors (Lipinski definition) is 0. The van der Waals surface area contributed by atoms with Crippen LogP contribution in [0.4, 0.5) is 0 Å². The first-order valence-corrected chi connectivity index (χ1v) is 39.0. The van der Waals surface area contributed by atoms with Gasteiger partial charge in [-0.25, -0.2) is 0 Å².